The van der Waals surface area contributed by atoms with Crippen molar-refractivity contribution in [3.63, 3.8) is 0 Å². The molecule has 4 heteroatoms. The first kappa shape index (κ1) is 12.2. The van der Waals surface area contributed by atoms with E-state index in [2.05, 4.69) is 48.2 Å². The molecular formula is C14H24N4. The van der Waals surface area contributed by atoms with Gasteiger partial charge in [0, 0.05) is 6.04 Å². The number of nitrogens with one attached hydrogen (secondary N) is 2. The number of aromatic amines is 1. The maximum absolute atomic E-state index is 4.26. The minimum absolute atomic E-state index is 0.243. The Bertz CT molecular complexity index is 420. The van der Waals surface area contributed by atoms with Crippen LogP contribution in [0.1, 0.15) is 58.8 Å². The normalized spacial score (nSPS) is 39.1. The van der Waals surface area contributed by atoms with Gasteiger partial charge in [0.1, 0.15) is 12.2 Å². The molecule has 0 spiro atoms. The number of aromatic nitrogens is 3. The molecule has 4 atom stereocenters. The Morgan fingerprint density at radius 3 is 2.78 bits per heavy atom. The summed E-state index contributed by atoms with van der Waals surface area (Å²) in [5.41, 5.74) is 0.851. The molecule has 0 aromatic carbocycles. The number of nitrogens with zero attached hydrogens (tertiary/aromatic N) is 2. The maximum Gasteiger partial charge on any atom is 0.141 e. The van der Waals surface area contributed by atoms with E-state index in [9.17, 15) is 0 Å². The summed E-state index contributed by atoms with van der Waals surface area (Å²) in [7, 11) is 0. The van der Waals surface area contributed by atoms with Crippen LogP contribution in [0.5, 0.6) is 0 Å². The maximum atomic E-state index is 4.26. The highest BCUT2D eigenvalue weighted by atomic mass is 15.2. The lowest BCUT2D eigenvalue weighted by atomic mass is 9.68. The number of hydrogen-bond acceptors (Lipinski definition) is 3. The van der Waals surface area contributed by atoms with E-state index in [1.807, 2.05) is 0 Å². The van der Waals surface area contributed by atoms with E-state index in [0.717, 1.165) is 11.7 Å². The SMILES string of the molecule is CC(NC1C(C)(C)[C@H]2CC[C@]1(C)C2)c1ncn[nH]1. The van der Waals surface area contributed by atoms with Gasteiger partial charge in [0.15, 0.2) is 0 Å². The van der Waals surface area contributed by atoms with E-state index in [0.29, 0.717) is 16.9 Å². The zero-order chi connectivity index (χ0) is 13.0. The lowest BCUT2D eigenvalue weighted by Gasteiger charge is -2.44. The summed E-state index contributed by atoms with van der Waals surface area (Å²) < 4.78 is 0. The molecule has 2 saturated carbocycles. The van der Waals surface area contributed by atoms with Crippen LogP contribution in [0.4, 0.5) is 0 Å². The Kier molecular flexibility index (Phi) is 2.56. The van der Waals surface area contributed by atoms with Crippen molar-refractivity contribution in [3.05, 3.63) is 12.2 Å². The number of hydrogen-bond donors (Lipinski definition) is 2. The number of fused-ring (bicyclic) bond motifs is 2. The summed E-state index contributed by atoms with van der Waals surface area (Å²) in [5.74, 6) is 1.82. The van der Waals surface area contributed by atoms with Crippen molar-refractivity contribution in [1.29, 1.82) is 0 Å². The zero-order valence-electron chi connectivity index (χ0n) is 11.8. The van der Waals surface area contributed by atoms with Crippen LogP contribution < -0.4 is 5.32 Å². The van der Waals surface area contributed by atoms with Gasteiger partial charge in [0.2, 0.25) is 0 Å². The summed E-state index contributed by atoms with van der Waals surface area (Å²) in [5, 5.41) is 10.7. The van der Waals surface area contributed by atoms with Crippen molar-refractivity contribution >= 4 is 0 Å². The highest BCUT2D eigenvalue weighted by Gasteiger charge is 2.59. The molecule has 1 aromatic heterocycles. The smallest absolute Gasteiger partial charge is 0.141 e. The van der Waals surface area contributed by atoms with Crippen LogP contribution in [0.2, 0.25) is 0 Å². The highest BCUT2D eigenvalue weighted by Crippen LogP contribution is 2.62. The quantitative estimate of drug-likeness (QED) is 0.864. The highest BCUT2D eigenvalue weighted by molar-refractivity contribution is 5.13. The van der Waals surface area contributed by atoms with Crippen molar-refractivity contribution in [2.24, 2.45) is 16.7 Å². The van der Waals surface area contributed by atoms with E-state index in [1.54, 1.807) is 6.33 Å². The molecule has 2 bridgehead atoms. The molecule has 2 fully saturated rings. The van der Waals surface area contributed by atoms with Crippen LogP contribution >= 0.6 is 0 Å². The predicted molar refractivity (Wildman–Crippen MR) is 71.0 cm³/mol. The summed E-state index contributed by atoms with van der Waals surface area (Å²) in [6, 6.07) is 0.816. The van der Waals surface area contributed by atoms with E-state index in [1.165, 1.54) is 19.3 Å². The third-order valence-corrected chi connectivity index (χ3v) is 5.53. The molecule has 100 valence electrons. The lowest BCUT2D eigenvalue weighted by molar-refractivity contribution is 0.0993. The Balaban J connectivity index is 1.80. The molecule has 0 aliphatic heterocycles. The van der Waals surface area contributed by atoms with Crippen LogP contribution in [-0.4, -0.2) is 21.2 Å². The van der Waals surface area contributed by atoms with Crippen molar-refractivity contribution in [1.82, 2.24) is 20.5 Å². The Morgan fingerprint density at radius 2 is 2.22 bits per heavy atom. The fraction of sp³-hybridized carbons (Fsp3) is 0.857. The second kappa shape index (κ2) is 3.80. The first-order valence-electron chi connectivity index (χ1n) is 7.05. The molecule has 4 nitrogen and oxygen atoms in total. The molecule has 18 heavy (non-hydrogen) atoms. The van der Waals surface area contributed by atoms with Gasteiger partial charge in [0.05, 0.1) is 6.04 Å². The second-order valence-corrected chi connectivity index (χ2v) is 7.11. The van der Waals surface area contributed by atoms with Gasteiger partial charge in [-0.3, -0.25) is 5.10 Å². The molecule has 3 rings (SSSR count). The number of H-pyrrole nitrogens is 1. The van der Waals surface area contributed by atoms with Crippen LogP contribution in [0.25, 0.3) is 0 Å². The van der Waals surface area contributed by atoms with Gasteiger partial charge in [-0.25, -0.2) is 4.98 Å². The van der Waals surface area contributed by atoms with Gasteiger partial charge < -0.3 is 5.32 Å². The topological polar surface area (TPSA) is 53.6 Å². The molecular weight excluding hydrogens is 224 g/mol. The lowest BCUT2D eigenvalue weighted by Crippen LogP contribution is -2.51. The van der Waals surface area contributed by atoms with E-state index in [4.69, 9.17) is 0 Å². The molecule has 0 amide bonds. The molecule has 0 saturated heterocycles. The minimum atomic E-state index is 0.243. The average molecular weight is 248 g/mol. The fourth-order valence-electron chi connectivity index (χ4n) is 4.47. The Hall–Kier alpha value is -0.900. The van der Waals surface area contributed by atoms with Gasteiger partial charge in [0.25, 0.3) is 0 Å². The standard InChI is InChI=1S/C14H24N4/c1-9(11-15-8-16-18-11)17-12-13(2,3)10-5-6-14(12,4)7-10/h8-10,12,17H,5-7H2,1-4H3,(H,15,16,18)/t9?,10-,12?,14+/m0/s1. The third kappa shape index (κ3) is 1.62. The summed E-state index contributed by atoms with van der Waals surface area (Å²) in [6.07, 6.45) is 5.72. The summed E-state index contributed by atoms with van der Waals surface area (Å²) >= 11 is 0. The van der Waals surface area contributed by atoms with E-state index >= 15 is 0 Å². The Morgan fingerprint density at radius 1 is 1.44 bits per heavy atom. The van der Waals surface area contributed by atoms with Crippen molar-refractivity contribution in [2.45, 2.75) is 59.0 Å². The molecule has 2 N–H and O–H groups in total. The van der Waals surface area contributed by atoms with Gasteiger partial charge in [-0.15, -0.1) is 0 Å². The minimum Gasteiger partial charge on any atom is -0.304 e. The van der Waals surface area contributed by atoms with Crippen LogP contribution in [-0.2, 0) is 0 Å². The first-order chi connectivity index (χ1) is 8.43. The van der Waals surface area contributed by atoms with Gasteiger partial charge in [-0.05, 0) is 42.9 Å². The molecule has 1 aromatic rings. The van der Waals surface area contributed by atoms with E-state index < -0.39 is 0 Å². The average Bonchev–Trinajstić information content (AvgIpc) is 2.96. The largest absolute Gasteiger partial charge is 0.304 e. The van der Waals surface area contributed by atoms with Crippen LogP contribution in [0.3, 0.4) is 0 Å². The van der Waals surface area contributed by atoms with Crippen molar-refractivity contribution in [3.8, 4) is 0 Å². The van der Waals surface area contributed by atoms with Gasteiger partial charge in [-0.2, -0.15) is 5.10 Å². The van der Waals surface area contributed by atoms with E-state index in [-0.39, 0.29) is 6.04 Å². The van der Waals surface area contributed by atoms with Gasteiger partial charge >= 0.3 is 0 Å². The summed E-state index contributed by atoms with van der Waals surface area (Å²) in [4.78, 5) is 4.26. The number of rotatable bonds is 3. The molecule has 0 radical (unpaired) electrons. The molecule has 2 aliphatic rings. The molecule has 2 unspecified atom stereocenters. The van der Waals surface area contributed by atoms with Gasteiger partial charge in [-0.1, -0.05) is 20.8 Å². The van der Waals surface area contributed by atoms with Crippen molar-refractivity contribution < 1.29 is 0 Å². The Labute approximate surface area is 109 Å². The molecule has 1 heterocycles. The third-order valence-electron chi connectivity index (χ3n) is 5.53. The second-order valence-electron chi connectivity index (χ2n) is 7.11. The van der Waals surface area contributed by atoms with Crippen LogP contribution in [0, 0.1) is 16.7 Å². The van der Waals surface area contributed by atoms with Crippen LogP contribution in [0.15, 0.2) is 6.33 Å². The molecule has 2 aliphatic carbocycles. The monoisotopic (exact) mass is 248 g/mol. The fourth-order valence-corrected chi connectivity index (χ4v) is 4.47. The van der Waals surface area contributed by atoms with Crippen molar-refractivity contribution in [2.75, 3.05) is 0 Å². The summed E-state index contributed by atoms with van der Waals surface area (Å²) in [6.45, 7) is 9.47. The zero-order valence-corrected chi connectivity index (χ0v) is 11.8. The first-order valence-corrected chi connectivity index (χ1v) is 7.05. The predicted octanol–water partition coefficient (Wildman–Crippen LogP) is 2.67.